The maximum absolute atomic E-state index is 12.5. The number of rotatable bonds is 8. The number of hydrogen-bond acceptors (Lipinski definition) is 7. The molecule has 3 saturated heterocycles. The molecule has 3 aliphatic rings. The molecule has 3 aliphatic heterocycles. The van der Waals surface area contributed by atoms with Gasteiger partial charge in [0.2, 0.25) is 0 Å². The molecule has 0 spiro atoms. The van der Waals surface area contributed by atoms with E-state index in [0.29, 0.717) is 5.92 Å². The average molecular weight is 494 g/mol. The van der Waals surface area contributed by atoms with Crippen molar-refractivity contribution in [1.82, 2.24) is 20.4 Å². The number of ether oxygens (including phenoxy) is 2. The van der Waals surface area contributed by atoms with Crippen molar-refractivity contribution >= 4 is 11.6 Å². The zero-order chi connectivity index (χ0) is 24.7. The van der Waals surface area contributed by atoms with Gasteiger partial charge in [-0.15, -0.1) is 0 Å². The zero-order valence-electron chi connectivity index (χ0n) is 21.2. The van der Waals surface area contributed by atoms with Crippen LogP contribution in [0.5, 0.6) is 5.75 Å². The molecule has 2 aromatic rings. The number of nitrogens with zero attached hydrogens (tertiary/aromatic N) is 2. The van der Waals surface area contributed by atoms with Crippen molar-refractivity contribution < 1.29 is 14.3 Å². The smallest absolute Gasteiger partial charge is 0.251 e. The lowest BCUT2D eigenvalue weighted by Gasteiger charge is -2.35. The largest absolute Gasteiger partial charge is 0.497 e. The van der Waals surface area contributed by atoms with Gasteiger partial charge in [-0.25, -0.2) is 0 Å². The van der Waals surface area contributed by atoms with Crippen LogP contribution in [0.2, 0.25) is 0 Å². The van der Waals surface area contributed by atoms with Crippen molar-refractivity contribution in [2.45, 2.75) is 37.6 Å². The van der Waals surface area contributed by atoms with Gasteiger partial charge < -0.3 is 19.7 Å². The molecular formula is C28H39N5O3. The Hall–Kier alpha value is -2.65. The maximum atomic E-state index is 12.5. The minimum atomic E-state index is -0.197. The van der Waals surface area contributed by atoms with Crippen LogP contribution in [0.25, 0.3) is 0 Å². The van der Waals surface area contributed by atoms with Gasteiger partial charge in [-0.2, -0.15) is 0 Å². The van der Waals surface area contributed by atoms with E-state index in [2.05, 4.69) is 57.2 Å². The number of amides is 1. The Morgan fingerprint density at radius 2 is 1.75 bits per heavy atom. The normalized spacial score (nSPS) is 25.0. The van der Waals surface area contributed by atoms with E-state index in [-0.39, 0.29) is 18.3 Å². The Morgan fingerprint density at radius 1 is 1.03 bits per heavy atom. The Labute approximate surface area is 214 Å². The summed E-state index contributed by atoms with van der Waals surface area (Å²) in [5.74, 6) is 1.52. The highest BCUT2D eigenvalue weighted by Gasteiger charge is 2.30. The molecular weight excluding hydrogens is 454 g/mol. The third kappa shape index (κ3) is 6.37. The van der Waals surface area contributed by atoms with Gasteiger partial charge in [-0.1, -0.05) is 24.3 Å². The van der Waals surface area contributed by atoms with Crippen LogP contribution >= 0.6 is 0 Å². The summed E-state index contributed by atoms with van der Waals surface area (Å²) in [7, 11) is 1.70. The molecule has 194 valence electrons. The standard InChI is InChI=1S/C28H39N5O3/c1-35-25-10-6-22(7-11-25)23-19-29-28(30-20-23)31-24-8-4-21(5-9-24)12-13-32-14-16-33(17-15-32)27(34)26-3-2-18-36-26/h4-11,23,26,28-31H,2-3,12-20H2,1H3. The van der Waals surface area contributed by atoms with Gasteiger partial charge in [0, 0.05) is 64.0 Å². The Balaban J connectivity index is 1.01. The predicted molar refractivity (Wildman–Crippen MR) is 141 cm³/mol. The van der Waals surface area contributed by atoms with Crippen LogP contribution in [-0.2, 0) is 16.0 Å². The molecule has 0 aromatic heterocycles. The van der Waals surface area contributed by atoms with E-state index in [1.165, 1.54) is 11.1 Å². The van der Waals surface area contributed by atoms with E-state index in [4.69, 9.17) is 9.47 Å². The topological polar surface area (TPSA) is 78.1 Å². The van der Waals surface area contributed by atoms with Gasteiger partial charge >= 0.3 is 0 Å². The molecule has 3 fully saturated rings. The van der Waals surface area contributed by atoms with E-state index >= 15 is 0 Å². The van der Waals surface area contributed by atoms with Gasteiger partial charge in [0.1, 0.15) is 18.1 Å². The molecule has 0 bridgehead atoms. The molecule has 5 rings (SSSR count). The van der Waals surface area contributed by atoms with Crippen LogP contribution in [0.1, 0.15) is 29.9 Å². The second-order valence-corrected chi connectivity index (χ2v) is 9.98. The first-order chi connectivity index (χ1) is 17.7. The summed E-state index contributed by atoms with van der Waals surface area (Å²) < 4.78 is 10.8. The molecule has 8 heteroatoms. The molecule has 2 aromatic carbocycles. The monoisotopic (exact) mass is 493 g/mol. The lowest BCUT2D eigenvalue weighted by atomic mass is 9.97. The van der Waals surface area contributed by atoms with E-state index in [1.54, 1.807) is 7.11 Å². The first kappa shape index (κ1) is 25.0. The summed E-state index contributed by atoms with van der Waals surface area (Å²) in [5, 5.41) is 10.7. The van der Waals surface area contributed by atoms with Crippen molar-refractivity contribution in [3.8, 4) is 5.75 Å². The summed E-state index contributed by atoms with van der Waals surface area (Å²) in [6, 6.07) is 17.1. The van der Waals surface area contributed by atoms with Crippen molar-refractivity contribution in [3.63, 3.8) is 0 Å². The summed E-state index contributed by atoms with van der Waals surface area (Å²) in [4.78, 5) is 17.0. The molecule has 8 nitrogen and oxygen atoms in total. The summed E-state index contributed by atoms with van der Waals surface area (Å²) in [5.41, 5.74) is 3.75. The molecule has 1 unspecified atom stereocenters. The second kappa shape index (κ2) is 12.1. The van der Waals surface area contributed by atoms with Gasteiger partial charge in [0.25, 0.3) is 5.91 Å². The van der Waals surface area contributed by atoms with Crippen LogP contribution < -0.4 is 20.7 Å². The quantitative estimate of drug-likeness (QED) is 0.521. The lowest BCUT2D eigenvalue weighted by molar-refractivity contribution is -0.142. The third-order valence-electron chi connectivity index (χ3n) is 7.59. The molecule has 1 amide bonds. The van der Waals surface area contributed by atoms with Crippen molar-refractivity contribution in [1.29, 1.82) is 0 Å². The molecule has 3 N–H and O–H groups in total. The maximum Gasteiger partial charge on any atom is 0.251 e. The van der Waals surface area contributed by atoms with E-state index < -0.39 is 0 Å². The fourth-order valence-electron chi connectivity index (χ4n) is 5.27. The average Bonchev–Trinajstić information content (AvgIpc) is 3.48. The fraction of sp³-hybridized carbons (Fsp3) is 0.536. The second-order valence-electron chi connectivity index (χ2n) is 9.98. The minimum Gasteiger partial charge on any atom is -0.497 e. The third-order valence-corrected chi connectivity index (χ3v) is 7.59. The number of nitrogens with one attached hydrogen (secondary N) is 3. The first-order valence-electron chi connectivity index (χ1n) is 13.3. The minimum absolute atomic E-state index is 0.0546. The van der Waals surface area contributed by atoms with Crippen molar-refractivity contribution in [3.05, 3.63) is 59.7 Å². The van der Waals surface area contributed by atoms with E-state index in [0.717, 1.165) is 83.1 Å². The van der Waals surface area contributed by atoms with Crippen molar-refractivity contribution in [2.75, 3.05) is 64.8 Å². The van der Waals surface area contributed by atoms with Crippen LogP contribution in [0.15, 0.2) is 48.5 Å². The first-order valence-corrected chi connectivity index (χ1v) is 13.3. The van der Waals surface area contributed by atoms with Gasteiger partial charge in [0.15, 0.2) is 0 Å². The number of anilines is 1. The molecule has 1 atom stereocenters. The predicted octanol–water partition coefficient (Wildman–Crippen LogP) is 2.23. The number of hydrogen-bond donors (Lipinski definition) is 3. The molecule has 0 radical (unpaired) electrons. The van der Waals surface area contributed by atoms with Gasteiger partial charge in [-0.05, 0) is 54.7 Å². The SMILES string of the molecule is COc1ccc(C2CNC(Nc3ccc(CCN4CCN(C(=O)C5CCCO5)CC4)cc3)NC2)cc1. The zero-order valence-corrected chi connectivity index (χ0v) is 21.2. The molecule has 36 heavy (non-hydrogen) atoms. The number of carbonyl (C=O) groups excluding carboxylic acids is 1. The Bertz CT molecular complexity index is 962. The van der Waals surface area contributed by atoms with Crippen LogP contribution in [0, 0.1) is 0 Å². The molecule has 0 aliphatic carbocycles. The van der Waals surface area contributed by atoms with E-state index in [9.17, 15) is 4.79 Å². The van der Waals surface area contributed by atoms with Gasteiger partial charge in [0.05, 0.1) is 7.11 Å². The highest BCUT2D eigenvalue weighted by Crippen LogP contribution is 2.21. The highest BCUT2D eigenvalue weighted by molar-refractivity contribution is 5.81. The van der Waals surface area contributed by atoms with Crippen LogP contribution in [-0.4, -0.2) is 87.6 Å². The van der Waals surface area contributed by atoms with Crippen molar-refractivity contribution in [2.24, 2.45) is 0 Å². The summed E-state index contributed by atoms with van der Waals surface area (Å²) in [6.07, 6.45) is 2.75. The van der Waals surface area contributed by atoms with Crippen LogP contribution in [0.4, 0.5) is 5.69 Å². The Kier molecular flexibility index (Phi) is 8.38. The van der Waals surface area contributed by atoms with Gasteiger partial charge in [-0.3, -0.25) is 20.3 Å². The number of piperazine rings is 1. The summed E-state index contributed by atoms with van der Waals surface area (Å²) in [6.45, 7) is 7.08. The highest BCUT2D eigenvalue weighted by atomic mass is 16.5. The number of carbonyl (C=O) groups is 1. The molecule has 0 saturated carbocycles. The fourth-order valence-corrected chi connectivity index (χ4v) is 5.27. The number of methoxy groups -OCH3 is 1. The van der Waals surface area contributed by atoms with E-state index in [1.807, 2.05) is 17.0 Å². The lowest BCUT2D eigenvalue weighted by Crippen LogP contribution is -2.55. The number of benzene rings is 2. The van der Waals surface area contributed by atoms with Crippen LogP contribution in [0.3, 0.4) is 0 Å². The summed E-state index contributed by atoms with van der Waals surface area (Å²) >= 11 is 0. The Morgan fingerprint density at radius 3 is 2.39 bits per heavy atom. The molecule has 3 heterocycles.